The van der Waals surface area contributed by atoms with Gasteiger partial charge in [0, 0.05) is 31.9 Å². The lowest BCUT2D eigenvalue weighted by Gasteiger charge is -2.26. The van der Waals surface area contributed by atoms with Gasteiger partial charge in [-0.05, 0) is 25.3 Å². The fraction of sp³-hybridized carbons (Fsp3) is 0.750. The van der Waals surface area contributed by atoms with Crippen molar-refractivity contribution in [2.75, 3.05) is 6.61 Å². The number of aliphatic hydroxyl groups is 1. The van der Waals surface area contributed by atoms with Crippen molar-refractivity contribution >= 4 is 0 Å². The number of aliphatic hydroxyl groups excluding tert-OH is 1. The predicted molar refractivity (Wildman–Crippen MR) is 65.1 cm³/mol. The minimum Gasteiger partial charge on any atom is -0.396 e. The Kier molecular flexibility index (Phi) is 4.96. The molecule has 0 aliphatic heterocycles. The van der Waals surface area contributed by atoms with Gasteiger partial charge in [-0.15, -0.1) is 0 Å². The first-order chi connectivity index (χ1) is 7.56. The van der Waals surface area contributed by atoms with E-state index in [2.05, 4.69) is 31.2 Å². The van der Waals surface area contributed by atoms with Crippen molar-refractivity contribution in [3.63, 3.8) is 0 Å². The quantitative estimate of drug-likeness (QED) is 0.771. The van der Waals surface area contributed by atoms with Gasteiger partial charge < -0.3 is 10.4 Å². The molecule has 2 atom stereocenters. The molecule has 1 rings (SSSR count). The van der Waals surface area contributed by atoms with Crippen molar-refractivity contribution in [1.82, 2.24) is 15.1 Å². The maximum absolute atomic E-state index is 9.03. The van der Waals surface area contributed by atoms with Gasteiger partial charge in [0.15, 0.2) is 0 Å². The molecule has 0 aromatic carbocycles. The van der Waals surface area contributed by atoms with Gasteiger partial charge in [-0.1, -0.05) is 13.8 Å². The summed E-state index contributed by atoms with van der Waals surface area (Å²) in [5.74, 6) is 0.517. The molecule has 0 aliphatic carbocycles. The highest BCUT2D eigenvalue weighted by Gasteiger charge is 2.17. The van der Waals surface area contributed by atoms with Crippen molar-refractivity contribution in [3.05, 3.63) is 18.0 Å². The van der Waals surface area contributed by atoms with Crippen LogP contribution >= 0.6 is 0 Å². The Morgan fingerprint density at radius 3 is 2.56 bits per heavy atom. The topological polar surface area (TPSA) is 50.1 Å². The predicted octanol–water partition coefficient (Wildman–Crippen LogP) is 1.48. The van der Waals surface area contributed by atoms with Crippen molar-refractivity contribution < 1.29 is 5.11 Å². The number of rotatable bonds is 6. The van der Waals surface area contributed by atoms with Crippen LogP contribution in [-0.4, -0.2) is 27.5 Å². The van der Waals surface area contributed by atoms with E-state index in [1.807, 2.05) is 24.0 Å². The molecule has 1 heterocycles. The van der Waals surface area contributed by atoms with Gasteiger partial charge in [-0.2, -0.15) is 5.10 Å². The molecule has 2 unspecified atom stereocenters. The Hall–Kier alpha value is -0.870. The summed E-state index contributed by atoms with van der Waals surface area (Å²) < 4.78 is 1.88. The minimum atomic E-state index is 0.230. The van der Waals surface area contributed by atoms with E-state index in [0.717, 1.165) is 6.42 Å². The lowest BCUT2D eigenvalue weighted by atomic mass is 10.00. The van der Waals surface area contributed by atoms with E-state index in [-0.39, 0.29) is 12.6 Å². The molecule has 1 aromatic heterocycles. The second-order valence-electron chi connectivity index (χ2n) is 4.63. The van der Waals surface area contributed by atoms with Crippen molar-refractivity contribution in [2.24, 2.45) is 13.0 Å². The van der Waals surface area contributed by atoms with Crippen LogP contribution in [0.3, 0.4) is 0 Å². The zero-order chi connectivity index (χ0) is 12.1. The minimum absolute atomic E-state index is 0.230. The Balaban J connectivity index is 2.61. The van der Waals surface area contributed by atoms with Crippen LogP contribution < -0.4 is 5.32 Å². The summed E-state index contributed by atoms with van der Waals surface area (Å²) in [5, 5.41) is 16.7. The molecule has 4 heteroatoms. The van der Waals surface area contributed by atoms with Gasteiger partial charge in [-0.25, -0.2) is 0 Å². The Morgan fingerprint density at radius 1 is 1.44 bits per heavy atom. The van der Waals surface area contributed by atoms with E-state index in [1.165, 1.54) is 5.69 Å². The van der Waals surface area contributed by atoms with Crippen LogP contribution in [0.4, 0.5) is 0 Å². The summed E-state index contributed by atoms with van der Waals surface area (Å²) in [5.41, 5.74) is 1.17. The van der Waals surface area contributed by atoms with Crippen LogP contribution in [-0.2, 0) is 7.05 Å². The zero-order valence-electron chi connectivity index (χ0n) is 10.6. The van der Waals surface area contributed by atoms with E-state index in [1.54, 1.807) is 0 Å². The lowest BCUT2D eigenvalue weighted by Crippen LogP contribution is -2.37. The molecular formula is C12H23N3O. The molecule has 0 spiro atoms. The molecule has 92 valence electrons. The summed E-state index contributed by atoms with van der Waals surface area (Å²) >= 11 is 0. The zero-order valence-corrected chi connectivity index (χ0v) is 10.6. The fourth-order valence-corrected chi connectivity index (χ4v) is 1.96. The molecule has 16 heavy (non-hydrogen) atoms. The van der Waals surface area contributed by atoms with Crippen LogP contribution in [0.15, 0.2) is 12.3 Å². The third-order valence-corrected chi connectivity index (χ3v) is 3.01. The standard InChI is InChI=1S/C12H23N3O/c1-9(2)11(6-8-16)14-10(3)12-5-7-13-15(12)4/h5,7,9-11,14,16H,6,8H2,1-4H3. The number of nitrogens with one attached hydrogen (secondary N) is 1. The highest BCUT2D eigenvalue weighted by molar-refractivity contribution is 5.05. The summed E-state index contributed by atoms with van der Waals surface area (Å²) in [7, 11) is 1.95. The first kappa shape index (κ1) is 13.2. The largest absolute Gasteiger partial charge is 0.396 e. The van der Waals surface area contributed by atoms with Gasteiger partial charge in [-0.3, -0.25) is 4.68 Å². The maximum atomic E-state index is 9.03. The first-order valence-electron chi connectivity index (χ1n) is 5.91. The van der Waals surface area contributed by atoms with Gasteiger partial charge in [0.2, 0.25) is 0 Å². The van der Waals surface area contributed by atoms with Gasteiger partial charge in [0.1, 0.15) is 0 Å². The number of hydrogen-bond donors (Lipinski definition) is 2. The monoisotopic (exact) mass is 225 g/mol. The molecule has 0 radical (unpaired) electrons. The van der Waals surface area contributed by atoms with E-state index >= 15 is 0 Å². The normalized spacial score (nSPS) is 15.4. The smallest absolute Gasteiger partial charge is 0.0547 e. The van der Waals surface area contributed by atoms with E-state index in [4.69, 9.17) is 5.11 Å². The second-order valence-corrected chi connectivity index (χ2v) is 4.63. The molecule has 0 saturated carbocycles. The summed E-state index contributed by atoms with van der Waals surface area (Å²) in [6.07, 6.45) is 2.60. The Labute approximate surface area is 97.7 Å². The molecule has 1 aromatic rings. The summed E-state index contributed by atoms with van der Waals surface area (Å²) in [4.78, 5) is 0. The molecule has 2 N–H and O–H groups in total. The Bertz CT molecular complexity index is 309. The highest BCUT2D eigenvalue weighted by Crippen LogP contribution is 2.15. The van der Waals surface area contributed by atoms with Gasteiger partial charge >= 0.3 is 0 Å². The van der Waals surface area contributed by atoms with Crippen LogP contribution in [0.1, 0.15) is 38.9 Å². The second kappa shape index (κ2) is 6.01. The maximum Gasteiger partial charge on any atom is 0.0547 e. The summed E-state index contributed by atoms with van der Waals surface area (Å²) in [6.45, 7) is 6.70. The Morgan fingerprint density at radius 2 is 2.12 bits per heavy atom. The molecule has 0 amide bonds. The van der Waals surface area contributed by atoms with Crippen LogP contribution in [0.25, 0.3) is 0 Å². The molecule has 0 saturated heterocycles. The van der Waals surface area contributed by atoms with Gasteiger partial charge in [0.25, 0.3) is 0 Å². The number of hydrogen-bond acceptors (Lipinski definition) is 3. The number of aryl methyl sites for hydroxylation is 1. The van der Waals surface area contributed by atoms with E-state index in [0.29, 0.717) is 12.0 Å². The van der Waals surface area contributed by atoms with Crippen molar-refractivity contribution in [1.29, 1.82) is 0 Å². The molecule has 0 fully saturated rings. The number of aromatic nitrogens is 2. The van der Waals surface area contributed by atoms with Gasteiger partial charge in [0.05, 0.1) is 5.69 Å². The molecule has 0 aliphatic rings. The third-order valence-electron chi connectivity index (χ3n) is 3.01. The average Bonchev–Trinajstić information content (AvgIpc) is 2.63. The van der Waals surface area contributed by atoms with Crippen LogP contribution in [0.5, 0.6) is 0 Å². The molecule has 0 bridgehead atoms. The van der Waals surface area contributed by atoms with Crippen molar-refractivity contribution in [3.8, 4) is 0 Å². The van der Waals surface area contributed by atoms with Crippen molar-refractivity contribution in [2.45, 2.75) is 39.3 Å². The molecular weight excluding hydrogens is 202 g/mol. The van der Waals surface area contributed by atoms with Crippen LogP contribution in [0, 0.1) is 5.92 Å². The molecule has 4 nitrogen and oxygen atoms in total. The SMILES string of the molecule is CC(NC(CCO)C(C)C)c1ccnn1C. The van der Waals surface area contributed by atoms with Crippen LogP contribution in [0.2, 0.25) is 0 Å². The lowest BCUT2D eigenvalue weighted by molar-refractivity contribution is 0.235. The summed E-state index contributed by atoms with van der Waals surface area (Å²) in [6, 6.07) is 2.62. The number of nitrogens with zero attached hydrogens (tertiary/aromatic N) is 2. The fourth-order valence-electron chi connectivity index (χ4n) is 1.96. The van der Waals surface area contributed by atoms with E-state index in [9.17, 15) is 0 Å². The average molecular weight is 225 g/mol. The van der Waals surface area contributed by atoms with E-state index < -0.39 is 0 Å². The highest BCUT2D eigenvalue weighted by atomic mass is 16.3. The first-order valence-corrected chi connectivity index (χ1v) is 5.91. The third kappa shape index (κ3) is 3.32.